The zero-order chi connectivity index (χ0) is 14.2. The molecule has 1 fully saturated rings. The largest absolute Gasteiger partial charge is 0.381 e. The fourth-order valence-electron chi connectivity index (χ4n) is 2.32. The second kappa shape index (κ2) is 8.40. The van der Waals surface area contributed by atoms with E-state index in [0.717, 1.165) is 39.3 Å². The minimum absolute atomic E-state index is 0.592. The molecule has 0 bridgehead atoms. The first-order valence-electron chi connectivity index (χ1n) is 7.68. The van der Waals surface area contributed by atoms with Crippen molar-refractivity contribution in [2.45, 2.75) is 33.4 Å². The summed E-state index contributed by atoms with van der Waals surface area (Å²) < 4.78 is 11.1. The Hall–Kier alpha value is -0.900. The fourth-order valence-corrected chi connectivity index (χ4v) is 2.32. The van der Waals surface area contributed by atoms with Crippen molar-refractivity contribution < 1.29 is 9.47 Å². The summed E-state index contributed by atoms with van der Waals surface area (Å²) in [5, 5.41) is 3.46. The zero-order valence-electron chi connectivity index (χ0n) is 12.7. The van der Waals surface area contributed by atoms with Gasteiger partial charge >= 0.3 is 0 Å². The molecule has 1 saturated heterocycles. The van der Waals surface area contributed by atoms with Gasteiger partial charge in [-0.05, 0) is 30.0 Å². The minimum atomic E-state index is 0.592. The van der Waals surface area contributed by atoms with E-state index in [1.807, 2.05) is 0 Å². The summed E-state index contributed by atoms with van der Waals surface area (Å²) in [6, 6.07) is 8.70. The molecular formula is C17H27NO2. The van der Waals surface area contributed by atoms with Crippen molar-refractivity contribution in [1.82, 2.24) is 5.32 Å². The van der Waals surface area contributed by atoms with Gasteiger partial charge in [-0.25, -0.2) is 0 Å². The lowest BCUT2D eigenvalue weighted by Crippen LogP contribution is -2.18. The zero-order valence-corrected chi connectivity index (χ0v) is 12.7. The monoisotopic (exact) mass is 277 g/mol. The summed E-state index contributed by atoms with van der Waals surface area (Å²) in [6.07, 6.45) is 1.14. The highest BCUT2D eigenvalue weighted by Gasteiger charge is 2.15. The van der Waals surface area contributed by atoms with Crippen molar-refractivity contribution in [3.63, 3.8) is 0 Å². The Morgan fingerprint density at radius 1 is 1.25 bits per heavy atom. The molecule has 1 aromatic rings. The molecule has 112 valence electrons. The van der Waals surface area contributed by atoms with Gasteiger partial charge in [0.2, 0.25) is 0 Å². The standard InChI is InChI=1S/C17H27NO2/c1-14(2)9-18-10-15-3-5-16(6-4-15)11-20-13-17-7-8-19-12-17/h3-6,14,17-18H,7-13H2,1-2H3. The highest BCUT2D eigenvalue weighted by Crippen LogP contribution is 2.13. The Labute approximate surface area is 122 Å². The second-order valence-electron chi connectivity index (χ2n) is 6.09. The van der Waals surface area contributed by atoms with Gasteiger partial charge < -0.3 is 14.8 Å². The van der Waals surface area contributed by atoms with Crippen LogP contribution >= 0.6 is 0 Å². The maximum atomic E-state index is 5.76. The van der Waals surface area contributed by atoms with Gasteiger partial charge in [-0.2, -0.15) is 0 Å². The van der Waals surface area contributed by atoms with Crippen molar-refractivity contribution in [2.24, 2.45) is 11.8 Å². The van der Waals surface area contributed by atoms with Crippen LogP contribution in [0.25, 0.3) is 0 Å². The van der Waals surface area contributed by atoms with Crippen LogP contribution in [0.15, 0.2) is 24.3 Å². The molecule has 1 N–H and O–H groups in total. The molecular weight excluding hydrogens is 250 g/mol. The van der Waals surface area contributed by atoms with Gasteiger partial charge in [-0.1, -0.05) is 38.1 Å². The van der Waals surface area contributed by atoms with E-state index in [9.17, 15) is 0 Å². The van der Waals surface area contributed by atoms with Crippen LogP contribution in [0.5, 0.6) is 0 Å². The molecule has 2 rings (SSSR count). The van der Waals surface area contributed by atoms with Crippen LogP contribution in [0.3, 0.4) is 0 Å². The first-order valence-corrected chi connectivity index (χ1v) is 7.68. The quantitative estimate of drug-likeness (QED) is 0.792. The number of rotatable bonds is 8. The first-order chi connectivity index (χ1) is 9.74. The Bertz CT molecular complexity index is 369. The van der Waals surface area contributed by atoms with Crippen LogP contribution in [-0.2, 0) is 22.6 Å². The third-order valence-corrected chi connectivity index (χ3v) is 3.55. The van der Waals surface area contributed by atoms with Crippen LogP contribution in [0, 0.1) is 11.8 Å². The van der Waals surface area contributed by atoms with E-state index in [-0.39, 0.29) is 0 Å². The number of nitrogens with one attached hydrogen (secondary N) is 1. The molecule has 3 nitrogen and oxygen atoms in total. The van der Waals surface area contributed by atoms with Crippen molar-refractivity contribution in [1.29, 1.82) is 0 Å². The number of hydrogen-bond donors (Lipinski definition) is 1. The van der Waals surface area contributed by atoms with Gasteiger partial charge in [0, 0.05) is 19.1 Å². The SMILES string of the molecule is CC(C)CNCc1ccc(COCC2CCOC2)cc1. The molecule has 3 heteroatoms. The Morgan fingerprint density at radius 2 is 2.00 bits per heavy atom. The summed E-state index contributed by atoms with van der Waals surface area (Å²) in [4.78, 5) is 0. The van der Waals surface area contributed by atoms with Crippen LogP contribution in [0.2, 0.25) is 0 Å². The normalized spacial score (nSPS) is 18.9. The molecule has 1 aliphatic heterocycles. The van der Waals surface area contributed by atoms with Gasteiger partial charge in [-0.3, -0.25) is 0 Å². The first kappa shape index (κ1) is 15.5. The predicted octanol–water partition coefficient (Wildman–Crippen LogP) is 2.99. The molecule has 1 heterocycles. The van der Waals surface area contributed by atoms with Crippen molar-refractivity contribution in [3.05, 3.63) is 35.4 Å². The van der Waals surface area contributed by atoms with Crippen LogP contribution in [-0.4, -0.2) is 26.4 Å². The van der Waals surface area contributed by atoms with Gasteiger partial charge in [0.25, 0.3) is 0 Å². The molecule has 0 radical (unpaired) electrons. The minimum Gasteiger partial charge on any atom is -0.381 e. The predicted molar refractivity (Wildman–Crippen MR) is 81.6 cm³/mol. The lowest BCUT2D eigenvalue weighted by Gasteiger charge is -2.10. The van der Waals surface area contributed by atoms with Crippen molar-refractivity contribution >= 4 is 0 Å². The van der Waals surface area contributed by atoms with E-state index in [2.05, 4.69) is 43.4 Å². The van der Waals surface area contributed by atoms with Gasteiger partial charge in [0.15, 0.2) is 0 Å². The summed E-state index contributed by atoms with van der Waals surface area (Å²) in [6.45, 7) is 9.74. The summed E-state index contributed by atoms with van der Waals surface area (Å²) in [5.74, 6) is 1.29. The third kappa shape index (κ3) is 5.61. The van der Waals surface area contributed by atoms with E-state index >= 15 is 0 Å². The van der Waals surface area contributed by atoms with E-state index in [0.29, 0.717) is 18.4 Å². The average Bonchev–Trinajstić information content (AvgIpc) is 2.93. The van der Waals surface area contributed by atoms with Crippen LogP contribution in [0.1, 0.15) is 31.4 Å². The Kier molecular flexibility index (Phi) is 6.51. The Balaban J connectivity index is 1.65. The molecule has 1 aliphatic rings. The van der Waals surface area contributed by atoms with Crippen molar-refractivity contribution in [3.8, 4) is 0 Å². The van der Waals surface area contributed by atoms with Gasteiger partial charge in [0.1, 0.15) is 0 Å². The third-order valence-electron chi connectivity index (χ3n) is 3.55. The second-order valence-corrected chi connectivity index (χ2v) is 6.09. The highest BCUT2D eigenvalue weighted by molar-refractivity contribution is 5.21. The molecule has 0 spiro atoms. The maximum absolute atomic E-state index is 5.76. The lowest BCUT2D eigenvalue weighted by molar-refractivity contribution is 0.0791. The van der Waals surface area contributed by atoms with E-state index in [4.69, 9.17) is 9.47 Å². The molecule has 1 atom stereocenters. The number of hydrogen-bond acceptors (Lipinski definition) is 3. The summed E-state index contributed by atoms with van der Waals surface area (Å²) in [5.41, 5.74) is 2.58. The summed E-state index contributed by atoms with van der Waals surface area (Å²) in [7, 11) is 0. The number of ether oxygens (including phenoxy) is 2. The van der Waals surface area contributed by atoms with Gasteiger partial charge in [-0.15, -0.1) is 0 Å². The molecule has 0 aromatic heterocycles. The maximum Gasteiger partial charge on any atom is 0.0717 e. The molecule has 1 unspecified atom stereocenters. The molecule has 0 saturated carbocycles. The van der Waals surface area contributed by atoms with E-state index in [1.165, 1.54) is 11.1 Å². The molecule has 1 aromatic carbocycles. The Morgan fingerprint density at radius 3 is 2.65 bits per heavy atom. The highest BCUT2D eigenvalue weighted by atomic mass is 16.5. The summed E-state index contributed by atoms with van der Waals surface area (Å²) >= 11 is 0. The van der Waals surface area contributed by atoms with Crippen LogP contribution in [0.4, 0.5) is 0 Å². The smallest absolute Gasteiger partial charge is 0.0717 e. The van der Waals surface area contributed by atoms with Crippen LogP contribution < -0.4 is 5.32 Å². The van der Waals surface area contributed by atoms with Crippen molar-refractivity contribution in [2.75, 3.05) is 26.4 Å². The topological polar surface area (TPSA) is 30.5 Å². The van der Waals surface area contributed by atoms with Gasteiger partial charge in [0.05, 0.1) is 19.8 Å². The molecule has 20 heavy (non-hydrogen) atoms. The van der Waals surface area contributed by atoms with E-state index < -0.39 is 0 Å². The molecule has 0 aliphatic carbocycles. The number of benzene rings is 1. The fraction of sp³-hybridized carbons (Fsp3) is 0.647. The average molecular weight is 277 g/mol. The van der Waals surface area contributed by atoms with E-state index in [1.54, 1.807) is 0 Å². The molecule has 0 amide bonds. The lowest BCUT2D eigenvalue weighted by atomic mass is 10.1.